The van der Waals surface area contributed by atoms with Gasteiger partial charge < -0.3 is 10.2 Å². The van der Waals surface area contributed by atoms with Crippen LogP contribution in [0.3, 0.4) is 0 Å². The average molecular weight is 389 g/mol. The molecule has 1 aliphatic heterocycles. The summed E-state index contributed by atoms with van der Waals surface area (Å²) in [7, 11) is 0. The first-order valence-corrected chi connectivity index (χ1v) is 10.5. The summed E-state index contributed by atoms with van der Waals surface area (Å²) in [5.41, 5.74) is 4.44. The zero-order chi connectivity index (χ0) is 20.2. The summed E-state index contributed by atoms with van der Waals surface area (Å²) in [4.78, 5) is 24.3. The summed E-state index contributed by atoms with van der Waals surface area (Å²) in [5, 5.41) is 4.00. The number of hydrogen-bond acceptors (Lipinski definition) is 4. The number of fused-ring (bicyclic) bond motifs is 1. The molecular formula is C24H28N4O. The van der Waals surface area contributed by atoms with Crippen molar-refractivity contribution in [1.29, 1.82) is 0 Å². The van der Waals surface area contributed by atoms with Crippen LogP contribution >= 0.6 is 0 Å². The van der Waals surface area contributed by atoms with Crippen LogP contribution in [0, 0.1) is 13.8 Å². The van der Waals surface area contributed by atoms with Gasteiger partial charge in [-0.3, -0.25) is 9.78 Å². The molecule has 2 aromatic heterocycles. The zero-order valence-electron chi connectivity index (χ0n) is 17.2. The molecule has 0 radical (unpaired) electrons. The van der Waals surface area contributed by atoms with Crippen LogP contribution in [0.15, 0.2) is 42.6 Å². The van der Waals surface area contributed by atoms with E-state index in [-0.39, 0.29) is 5.91 Å². The van der Waals surface area contributed by atoms with E-state index in [0.29, 0.717) is 12.1 Å². The quantitative estimate of drug-likeness (QED) is 0.712. The highest BCUT2D eigenvalue weighted by molar-refractivity contribution is 5.98. The zero-order valence-corrected chi connectivity index (χ0v) is 17.2. The molecule has 1 fully saturated rings. The molecule has 0 unspecified atom stereocenters. The molecule has 1 aromatic carbocycles. The fraction of sp³-hybridized carbons (Fsp3) is 0.375. The van der Waals surface area contributed by atoms with Gasteiger partial charge in [-0.25, -0.2) is 4.98 Å². The van der Waals surface area contributed by atoms with E-state index >= 15 is 0 Å². The third kappa shape index (κ3) is 4.56. The summed E-state index contributed by atoms with van der Waals surface area (Å²) in [6, 6.07) is 12.2. The molecule has 1 saturated heterocycles. The average Bonchev–Trinajstić information content (AvgIpc) is 3.02. The topological polar surface area (TPSA) is 58.1 Å². The molecule has 5 heteroatoms. The van der Waals surface area contributed by atoms with Gasteiger partial charge in [-0.1, -0.05) is 30.5 Å². The van der Waals surface area contributed by atoms with Crippen molar-refractivity contribution in [1.82, 2.24) is 15.3 Å². The molecule has 1 aliphatic rings. The number of hydrogen-bond donors (Lipinski definition) is 1. The number of nitrogens with zero attached hydrogens (tertiary/aromatic N) is 3. The second-order valence-corrected chi connectivity index (χ2v) is 7.93. The van der Waals surface area contributed by atoms with E-state index < -0.39 is 0 Å². The molecule has 1 amide bonds. The number of carbonyl (C=O) groups excluding carboxylic acids is 1. The number of aryl methyl sites for hydroxylation is 2. The molecule has 3 aromatic rings. The van der Waals surface area contributed by atoms with Crippen LogP contribution in [0.1, 0.15) is 52.9 Å². The van der Waals surface area contributed by atoms with Crippen molar-refractivity contribution < 1.29 is 4.79 Å². The van der Waals surface area contributed by atoms with E-state index in [2.05, 4.69) is 38.4 Å². The fourth-order valence-corrected chi connectivity index (χ4v) is 3.91. The Kier molecular flexibility index (Phi) is 5.74. The third-order valence-corrected chi connectivity index (χ3v) is 5.60. The van der Waals surface area contributed by atoms with Gasteiger partial charge in [0.1, 0.15) is 5.82 Å². The lowest BCUT2D eigenvalue weighted by molar-refractivity contribution is 0.0950. The van der Waals surface area contributed by atoms with Crippen molar-refractivity contribution in [3.05, 3.63) is 65.0 Å². The van der Waals surface area contributed by atoms with E-state index in [1.54, 1.807) is 0 Å². The van der Waals surface area contributed by atoms with Crippen molar-refractivity contribution in [2.45, 2.75) is 46.1 Å². The molecule has 0 saturated carbocycles. The van der Waals surface area contributed by atoms with Crippen LogP contribution in [-0.2, 0) is 6.54 Å². The Morgan fingerprint density at radius 2 is 1.83 bits per heavy atom. The Morgan fingerprint density at radius 1 is 1.03 bits per heavy atom. The highest BCUT2D eigenvalue weighted by Gasteiger charge is 2.13. The number of anilines is 1. The van der Waals surface area contributed by atoms with Gasteiger partial charge in [-0.05, 0) is 56.5 Å². The number of benzene rings is 1. The monoisotopic (exact) mass is 388 g/mol. The number of rotatable bonds is 4. The first kappa shape index (κ1) is 19.4. The number of pyridine rings is 2. The van der Waals surface area contributed by atoms with Gasteiger partial charge in [0.05, 0.1) is 16.8 Å². The van der Waals surface area contributed by atoms with E-state index in [4.69, 9.17) is 0 Å². The number of amides is 1. The standard InChI is InChI=1S/C24H28N4O/c1-17-7-9-22-20(13-17)14-21(18(2)27-22)24(29)26-16-19-8-10-23(25-15-19)28-11-5-3-4-6-12-28/h7-10,13-15H,3-6,11-12,16H2,1-2H3,(H,26,29). The van der Waals surface area contributed by atoms with Gasteiger partial charge in [-0.2, -0.15) is 0 Å². The summed E-state index contributed by atoms with van der Waals surface area (Å²) < 4.78 is 0. The summed E-state index contributed by atoms with van der Waals surface area (Å²) in [6.45, 7) is 6.54. The molecule has 0 atom stereocenters. The maximum Gasteiger partial charge on any atom is 0.253 e. The van der Waals surface area contributed by atoms with Crippen LogP contribution in [-0.4, -0.2) is 29.0 Å². The van der Waals surface area contributed by atoms with E-state index in [9.17, 15) is 4.79 Å². The molecule has 1 N–H and O–H groups in total. The van der Waals surface area contributed by atoms with Crippen molar-refractivity contribution in [3.63, 3.8) is 0 Å². The van der Waals surface area contributed by atoms with Gasteiger partial charge in [0.2, 0.25) is 0 Å². The van der Waals surface area contributed by atoms with Crippen LogP contribution in [0.2, 0.25) is 0 Å². The molecule has 150 valence electrons. The molecule has 0 spiro atoms. The highest BCUT2D eigenvalue weighted by Crippen LogP contribution is 2.19. The predicted molar refractivity (Wildman–Crippen MR) is 117 cm³/mol. The van der Waals surface area contributed by atoms with Crippen molar-refractivity contribution in [2.24, 2.45) is 0 Å². The molecule has 29 heavy (non-hydrogen) atoms. The second kappa shape index (κ2) is 8.60. The van der Waals surface area contributed by atoms with Gasteiger partial charge in [0.15, 0.2) is 0 Å². The van der Waals surface area contributed by atoms with Crippen LogP contribution in [0.5, 0.6) is 0 Å². The highest BCUT2D eigenvalue weighted by atomic mass is 16.1. The van der Waals surface area contributed by atoms with Crippen LogP contribution < -0.4 is 10.2 Å². The van der Waals surface area contributed by atoms with Crippen LogP contribution in [0.4, 0.5) is 5.82 Å². The van der Waals surface area contributed by atoms with E-state index in [0.717, 1.165) is 46.6 Å². The minimum atomic E-state index is -0.102. The Balaban J connectivity index is 1.43. The predicted octanol–water partition coefficient (Wildman–Crippen LogP) is 4.56. The van der Waals surface area contributed by atoms with Gasteiger partial charge >= 0.3 is 0 Å². The molecule has 3 heterocycles. The fourth-order valence-electron chi connectivity index (χ4n) is 3.91. The number of aromatic nitrogens is 2. The maximum atomic E-state index is 12.7. The maximum absolute atomic E-state index is 12.7. The van der Waals surface area contributed by atoms with E-state index in [1.165, 1.54) is 25.7 Å². The molecule has 4 rings (SSSR count). The van der Waals surface area contributed by atoms with Crippen molar-refractivity contribution in [3.8, 4) is 0 Å². The smallest absolute Gasteiger partial charge is 0.253 e. The van der Waals surface area contributed by atoms with Gasteiger partial charge in [0.25, 0.3) is 5.91 Å². The number of carbonyl (C=O) groups is 1. The first-order valence-electron chi connectivity index (χ1n) is 10.5. The summed E-state index contributed by atoms with van der Waals surface area (Å²) in [5.74, 6) is 0.932. The molecule has 5 nitrogen and oxygen atoms in total. The van der Waals surface area contributed by atoms with Crippen molar-refractivity contribution >= 4 is 22.6 Å². The second-order valence-electron chi connectivity index (χ2n) is 7.93. The molecule has 0 bridgehead atoms. The van der Waals surface area contributed by atoms with Gasteiger partial charge in [0, 0.05) is 31.2 Å². The summed E-state index contributed by atoms with van der Waals surface area (Å²) >= 11 is 0. The normalized spacial score (nSPS) is 14.6. The number of nitrogens with one attached hydrogen (secondary N) is 1. The van der Waals surface area contributed by atoms with E-state index in [1.807, 2.05) is 38.2 Å². The summed E-state index contributed by atoms with van der Waals surface area (Å²) in [6.07, 6.45) is 6.96. The lowest BCUT2D eigenvalue weighted by atomic mass is 10.1. The lowest BCUT2D eigenvalue weighted by Gasteiger charge is -2.21. The molecular weight excluding hydrogens is 360 g/mol. The molecule has 0 aliphatic carbocycles. The minimum Gasteiger partial charge on any atom is -0.357 e. The third-order valence-electron chi connectivity index (χ3n) is 5.60. The minimum absolute atomic E-state index is 0.102. The first-order chi connectivity index (χ1) is 14.1. The van der Waals surface area contributed by atoms with Crippen LogP contribution in [0.25, 0.3) is 10.9 Å². The lowest BCUT2D eigenvalue weighted by Crippen LogP contribution is -2.25. The van der Waals surface area contributed by atoms with Crippen molar-refractivity contribution in [2.75, 3.05) is 18.0 Å². The Labute approximate surface area is 172 Å². The Morgan fingerprint density at radius 3 is 2.55 bits per heavy atom. The SMILES string of the molecule is Cc1ccc2nc(C)c(C(=O)NCc3ccc(N4CCCCCC4)nc3)cc2c1. The largest absolute Gasteiger partial charge is 0.357 e. The van der Waals surface area contributed by atoms with Gasteiger partial charge in [-0.15, -0.1) is 0 Å². The Bertz CT molecular complexity index is 1010. The Hall–Kier alpha value is -2.95.